The van der Waals surface area contributed by atoms with Crippen LogP contribution in [0, 0.1) is 17.8 Å². The zero-order valence-electron chi connectivity index (χ0n) is 14.4. The fourth-order valence-electron chi connectivity index (χ4n) is 2.81. The fourth-order valence-corrected chi connectivity index (χ4v) is 2.81. The van der Waals surface area contributed by atoms with Crippen LogP contribution in [0.1, 0.15) is 48.0 Å². The summed E-state index contributed by atoms with van der Waals surface area (Å²) in [5, 5.41) is 0. The zero-order valence-corrected chi connectivity index (χ0v) is 14.4. The summed E-state index contributed by atoms with van der Waals surface area (Å²) in [6.07, 6.45) is 4.12. The van der Waals surface area contributed by atoms with Gasteiger partial charge in [-0.25, -0.2) is 14.5 Å². The second kappa shape index (κ2) is 5.60. The third-order valence-corrected chi connectivity index (χ3v) is 3.79. The monoisotopic (exact) mass is 309 g/mol. The van der Waals surface area contributed by atoms with E-state index in [-0.39, 0.29) is 0 Å². The molecule has 3 atom stereocenters. The molecule has 22 heavy (non-hydrogen) atoms. The average Bonchev–Trinajstić information content (AvgIpc) is 2.74. The fraction of sp³-hybridized carbons (Fsp3) is 0.765. The van der Waals surface area contributed by atoms with E-state index in [1.165, 1.54) is 0 Å². The SMILES string of the molecule is CC(C)(C)OC(=O)N(C[C@@H]1[C@@H]2C=CC[C@@H]21)C(=O)OC(C)(C)C. The Balaban J connectivity index is 2.05. The lowest BCUT2D eigenvalue weighted by atomic mass is 10.2. The molecule has 0 radical (unpaired) electrons. The van der Waals surface area contributed by atoms with E-state index in [1.54, 1.807) is 41.5 Å². The first kappa shape index (κ1) is 16.8. The van der Waals surface area contributed by atoms with Crippen LogP contribution in [0.4, 0.5) is 9.59 Å². The lowest BCUT2D eigenvalue weighted by Gasteiger charge is -2.28. The molecular formula is C17H27NO4. The van der Waals surface area contributed by atoms with E-state index in [9.17, 15) is 9.59 Å². The van der Waals surface area contributed by atoms with Gasteiger partial charge in [-0.1, -0.05) is 12.2 Å². The van der Waals surface area contributed by atoms with Crippen molar-refractivity contribution in [2.45, 2.75) is 59.2 Å². The Kier molecular flexibility index (Phi) is 4.28. The van der Waals surface area contributed by atoms with E-state index >= 15 is 0 Å². The molecule has 0 unspecified atom stereocenters. The quantitative estimate of drug-likeness (QED) is 0.724. The Bertz CT molecular complexity index is 456. The molecule has 0 aromatic rings. The minimum absolute atomic E-state index is 0.338. The molecule has 0 heterocycles. The molecule has 5 heteroatoms. The normalized spacial score (nSPS) is 26.4. The van der Waals surface area contributed by atoms with Crippen LogP contribution in [-0.4, -0.2) is 34.8 Å². The molecule has 5 nitrogen and oxygen atoms in total. The Morgan fingerprint density at radius 2 is 1.55 bits per heavy atom. The van der Waals surface area contributed by atoms with Crippen molar-refractivity contribution < 1.29 is 19.1 Å². The molecule has 2 amide bonds. The largest absolute Gasteiger partial charge is 0.443 e. The first-order chi connectivity index (χ1) is 9.98. The zero-order chi connectivity index (χ0) is 16.7. The minimum atomic E-state index is -0.642. The number of carbonyl (C=O) groups is 2. The summed E-state index contributed by atoms with van der Waals surface area (Å²) in [6, 6.07) is 0. The lowest BCUT2D eigenvalue weighted by molar-refractivity contribution is 0.000202. The van der Waals surface area contributed by atoms with E-state index in [4.69, 9.17) is 9.47 Å². The molecule has 0 bridgehead atoms. The average molecular weight is 309 g/mol. The number of amides is 2. The van der Waals surface area contributed by atoms with Gasteiger partial charge >= 0.3 is 12.2 Å². The molecule has 2 aliphatic carbocycles. The summed E-state index contributed by atoms with van der Waals surface area (Å²) in [5.41, 5.74) is -1.28. The summed E-state index contributed by atoms with van der Waals surface area (Å²) in [6.45, 7) is 11.1. The predicted octanol–water partition coefficient (Wildman–Crippen LogP) is 3.98. The topological polar surface area (TPSA) is 55.8 Å². The highest BCUT2D eigenvalue weighted by atomic mass is 16.6. The van der Waals surface area contributed by atoms with E-state index in [1.807, 2.05) is 0 Å². The lowest BCUT2D eigenvalue weighted by Crippen LogP contribution is -2.44. The third-order valence-electron chi connectivity index (χ3n) is 3.79. The van der Waals surface area contributed by atoms with Gasteiger partial charge < -0.3 is 9.47 Å². The Labute approximate surface area is 132 Å². The van der Waals surface area contributed by atoms with Crippen molar-refractivity contribution in [1.29, 1.82) is 0 Å². The summed E-state index contributed by atoms with van der Waals surface area (Å²) in [7, 11) is 0. The number of nitrogens with zero attached hydrogens (tertiary/aromatic N) is 1. The Morgan fingerprint density at radius 1 is 1.05 bits per heavy atom. The number of rotatable bonds is 2. The van der Waals surface area contributed by atoms with Crippen LogP contribution in [0.15, 0.2) is 12.2 Å². The Hall–Kier alpha value is -1.52. The molecule has 1 saturated carbocycles. The van der Waals surface area contributed by atoms with Crippen molar-refractivity contribution in [3.8, 4) is 0 Å². The summed E-state index contributed by atoms with van der Waals surface area (Å²) in [4.78, 5) is 25.8. The van der Waals surface area contributed by atoms with Gasteiger partial charge in [0.2, 0.25) is 0 Å². The molecule has 0 saturated heterocycles. The van der Waals surface area contributed by atoms with Crippen LogP contribution in [0.3, 0.4) is 0 Å². The van der Waals surface area contributed by atoms with Gasteiger partial charge in [-0.15, -0.1) is 0 Å². The minimum Gasteiger partial charge on any atom is -0.443 e. The third kappa shape index (κ3) is 4.24. The molecule has 2 rings (SSSR count). The highest BCUT2D eigenvalue weighted by Crippen LogP contribution is 2.54. The van der Waals surface area contributed by atoms with Crippen molar-refractivity contribution in [1.82, 2.24) is 4.90 Å². The number of imide groups is 1. The number of hydrogen-bond donors (Lipinski definition) is 0. The van der Waals surface area contributed by atoms with Gasteiger partial charge in [-0.2, -0.15) is 0 Å². The van der Waals surface area contributed by atoms with Crippen LogP contribution >= 0.6 is 0 Å². The molecular weight excluding hydrogens is 282 g/mol. The predicted molar refractivity (Wildman–Crippen MR) is 83.4 cm³/mol. The summed E-state index contributed by atoms with van der Waals surface area (Å²) in [5.74, 6) is 1.39. The van der Waals surface area contributed by atoms with E-state index in [0.29, 0.717) is 24.3 Å². The maximum absolute atomic E-state index is 12.4. The second-order valence-electron chi connectivity index (χ2n) is 8.14. The molecule has 0 aliphatic heterocycles. The van der Waals surface area contributed by atoms with Crippen molar-refractivity contribution in [3.63, 3.8) is 0 Å². The molecule has 2 aliphatic rings. The number of hydrogen-bond acceptors (Lipinski definition) is 4. The van der Waals surface area contributed by atoms with E-state index < -0.39 is 23.4 Å². The maximum atomic E-state index is 12.4. The van der Waals surface area contributed by atoms with Gasteiger partial charge in [-0.3, -0.25) is 0 Å². The molecule has 0 spiro atoms. The first-order valence-corrected chi connectivity index (χ1v) is 7.88. The maximum Gasteiger partial charge on any atom is 0.419 e. The van der Waals surface area contributed by atoms with E-state index in [0.717, 1.165) is 11.3 Å². The van der Waals surface area contributed by atoms with Crippen molar-refractivity contribution in [2.75, 3.05) is 6.54 Å². The van der Waals surface area contributed by atoms with Crippen molar-refractivity contribution >= 4 is 12.2 Å². The second-order valence-corrected chi connectivity index (χ2v) is 8.14. The number of carbonyl (C=O) groups excluding carboxylic acids is 2. The number of fused-ring (bicyclic) bond motifs is 1. The molecule has 1 fully saturated rings. The molecule has 0 N–H and O–H groups in total. The van der Waals surface area contributed by atoms with Gasteiger partial charge in [-0.05, 0) is 65.7 Å². The number of allylic oxidation sites excluding steroid dienone is 2. The molecule has 124 valence electrons. The number of ether oxygens (including phenoxy) is 2. The smallest absolute Gasteiger partial charge is 0.419 e. The van der Waals surface area contributed by atoms with Crippen molar-refractivity contribution in [2.24, 2.45) is 17.8 Å². The highest BCUT2D eigenvalue weighted by Gasteiger charge is 2.52. The summed E-state index contributed by atoms with van der Waals surface area (Å²) < 4.78 is 10.7. The first-order valence-electron chi connectivity index (χ1n) is 7.88. The molecule has 0 aromatic carbocycles. The molecule has 0 aromatic heterocycles. The van der Waals surface area contributed by atoms with Gasteiger partial charge in [0, 0.05) is 6.54 Å². The summed E-state index contributed by atoms with van der Waals surface area (Å²) >= 11 is 0. The van der Waals surface area contributed by atoms with Crippen LogP contribution < -0.4 is 0 Å². The van der Waals surface area contributed by atoms with Crippen LogP contribution in [-0.2, 0) is 9.47 Å². The van der Waals surface area contributed by atoms with Crippen molar-refractivity contribution in [3.05, 3.63) is 12.2 Å². The van der Waals surface area contributed by atoms with Crippen LogP contribution in [0.25, 0.3) is 0 Å². The van der Waals surface area contributed by atoms with Crippen LogP contribution in [0.5, 0.6) is 0 Å². The van der Waals surface area contributed by atoms with E-state index in [2.05, 4.69) is 12.2 Å². The Morgan fingerprint density at radius 3 is 1.91 bits per heavy atom. The highest BCUT2D eigenvalue weighted by molar-refractivity contribution is 5.88. The van der Waals surface area contributed by atoms with Gasteiger partial charge in [0.1, 0.15) is 11.2 Å². The van der Waals surface area contributed by atoms with Gasteiger partial charge in [0.25, 0.3) is 0 Å². The van der Waals surface area contributed by atoms with Gasteiger partial charge in [0.05, 0.1) is 0 Å². The van der Waals surface area contributed by atoms with Crippen LogP contribution in [0.2, 0.25) is 0 Å². The van der Waals surface area contributed by atoms with Gasteiger partial charge in [0.15, 0.2) is 0 Å². The standard InChI is InChI=1S/C17H27NO4/c1-16(2,3)21-14(19)18(15(20)22-17(4,5)6)10-13-11-8-7-9-12(11)13/h7-8,11-13H,9-10H2,1-6H3/t11-,12+,13-/m1/s1.